The maximum Gasteiger partial charge on any atom is 0.335 e. The van der Waals surface area contributed by atoms with Crippen LogP contribution in [0.1, 0.15) is 38.3 Å². The SMILES string of the molecule is O=C(CCc1ccc(Sc2cccc(OCc3ccccc3)c2)cc1Cl)Nc1cc(C(=O)O)cc(C(=O)O)c1. The summed E-state index contributed by atoms with van der Waals surface area (Å²) >= 11 is 8.04. The Labute approximate surface area is 234 Å². The van der Waals surface area contributed by atoms with Gasteiger partial charge in [0.15, 0.2) is 0 Å². The number of benzene rings is 4. The van der Waals surface area contributed by atoms with Crippen LogP contribution in [0.25, 0.3) is 0 Å². The molecule has 1 amide bonds. The number of aromatic carboxylic acids is 2. The van der Waals surface area contributed by atoms with Gasteiger partial charge in [0.2, 0.25) is 5.91 Å². The van der Waals surface area contributed by atoms with Crippen LogP contribution < -0.4 is 10.1 Å². The van der Waals surface area contributed by atoms with Gasteiger partial charge in [0.25, 0.3) is 0 Å². The van der Waals surface area contributed by atoms with Gasteiger partial charge in [0, 0.05) is 26.9 Å². The quantitative estimate of drug-likeness (QED) is 0.180. The van der Waals surface area contributed by atoms with Crippen molar-refractivity contribution < 1.29 is 29.3 Å². The second-order valence-corrected chi connectivity index (χ2v) is 10.1. The fourth-order valence-corrected chi connectivity index (χ4v) is 4.96. The molecule has 3 N–H and O–H groups in total. The Kier molecular flexibility index (Phi) is 9.25. The number of amides is 1. The van der Waals surface area contributed by atoms with Crippen LogP contribution in [0, 0.1) is 0 Å². The van der Waals surface area contributed by atoms with E-state index in [2.05, 4.69) is 5.32 Å². The van der Waals surface area contributed by atoms with Gasteiger partial charge < -0.3 is 20.3 Å². The first-order chi connectivity index (χ1) is 18.8. The predicted molar refractivity (Wildman–Crippen MR) is 150 cm³/mol. The molecule has 0 heterocycles. The summed E-state index contributed by atoms with van der Waals surface area (Å²) in [6.45, 7) is 0.481. The number of nitrogens with one attached hydrogen (secondary N) is 1. The molecule has 0 unspecified atom stereocenters. The fourth-order valence-electron chi connectivity index (χ4n) is 3.72. The molecule has 9 heteroatoms. The van der Waals surface area contributed by atoms with Crippen LogP contribution >= 0.6 is 23.4 Å². The summed E-state index contributed by atoms with van der Waals surface area (Å²) in [5.74, 6) is -2.20. The Hall–Kier alpha value is -4.27. The molecular formula is C30H24ClNO6S. The molecule has 0 aliphatic rings. The fraction of sp³-hybridized carbons (Fsp3) is 0.100. The number of rotatable bonds is 11. The molecule has 0 aliphatic carbocycles. The van der Waals surface area contributed by atoms with Crippen LogP contribution in [0.3, 0.4) is 0 Å². The first kappa shape index (κ1) is 27.8. The lowest BCUT2D eigenvalue weighted by molar-refractivity contribution is -0.116. The number of ether oxygens (including phenoxy) is 1. The highest BCUT2D eigenvalue weighted by Crippen LogP contribution is 2.33. The second-order valence-electron chi connectivity index (χ2n) is 8.56. The van der Waals surface area contributed by atoms with E-state index >= 15 is 0 Å². The molecule has 7 nitrogen and oxygen atoms in total. The van der Waals surface area contributed by atoms with Gasteiger partial charge in [-0.15, -0.1) is 0 Å². The zero-order chi connectivity index (χ0) is 27.8. The molecule has 0 aromatic heterocycles. The van der Waals surface area contributed by atoms with Gasteiger partial charge in [-0.3, -0.25) is 4.79 Å². The van der Waals surface area contributed by atoms with Crippen molar-refractivity contribution in [2.75, 3.05) is 5.32 Å². The summed E-state index contributed by atoms with van der Waals surface area (Å²) in [6.07, 6.45) is 0.426. The second kappa shape index (κ2) is 13.0. The summed E-state index contributed by atoms with van der Waals surface area (Å²) in [7, 11) is 0. The monoisotopic (exact) mass is 561 g/mol. The maximum atomic E-state index is 12.5. The molecular weight excluding hydrogens is 538 g/mol. The number of hydrogen-bond donors (Lipinski definition) is 3. The summed E-state index contributed by atoms with van der Waals surface area (Å²) in [5.41, 5.74) is 1.52. The van der Waals surface area contributed by atoms with Gasteiger partial charge in [0.1, 0.15) is 12.4 Å². The molecule has 4 aromatic rings. The zero-order valence-electron chi connectivity index (χ0n) is 20.6. The highest BCUT2D eigenvalue weighted by atomic mass is 35.5. The number of halogens is 1. The van der Waals surface area contributed by atoms with E-state index in [1.807, 2.05) is 72.8 Å². The average molecular weight is 562 g/mol. The van der Waals surface area contributed by atoms with E-state index in [0.29, 0.717) is 18.1 Å². The summed E-state index contributed by atoms with van der Waals surface area (Å²) in [6, 6.07) is 26.8. The molecule has 39 heavy (non-hydrogen) atoms. The van der Waals surface area contributed by atoms with E-state index in [9.17, 15) is 24.6 Å². The molecule has 0 radical (unpaired) electrons. The number of carboxylic acids is 2. The molecule has 4 aromatic carbocycles. The van der Waals surface area contributed by atoms with Gasteiger partial charge in [-0.2, -0.15) is 0 Å². The van der Waals surface area contributed by atoms with Crippen molar-refractivity contribution in [2.45, 2.75) is 29.2 Å². The topological polar surface area (TPSA) is 113 Å². The van der Waals surface area contributed by atoms with Gasteiger partial charge in [0.05, 0.1) is 11.1 Å². The Morgan fingerprint density at radius 2 is 1.49 bits per heavy atom. The van der Waals surface area contributed by atoms with Gasteiger partial charge in [-0.1, -0.05) is 65.8 Å². The molecule has 4 rings (SSSR count). The number of hydrogen-bond acceptors (Lipinski definition) is 5. The molecule has 0 spiro atoms. The molecule has 0 fully saturated rings. The van der Waals surface area contributed by atoms with Crippen molar-refractivity contribution in [1.29, 1.82) is 0 Å². The van der Waals surface area contributed by atoms with E-state index in [4.69, 9.17) is 16.3 Å². The van der Waals surface area contributed by atoms with Crippen molar-refractivity contribution in [3.8, 4) is 5.75 Å². The molecule has 0 saturated carbocycles. The van der Waals surface area contributed by atoms with E-state index in [1.54, 1.807) is 11.8 Å². The molecule has 198 valence electrons. The largest absolute Gasteiger partial charge is 0.489 e. The molecule has 0 aliphatic heterocycles. The first-order valence-electron chi connectivity index (χ1n) is 11.9. The number of anilines is 1. The van der Waals surface area contributed by atoms with Crippen molar-refractivity contribution in [1.82, 2.24) is 0 Å². The predicted octanol–water partition coefficient (Wildman–Crippen LogP) is 7.04. The Bertz CT molecular complexity index is 1480. The van der Waals surface area contributed by atoms with Crippen molar-refractivity contribution in [3.05, 3.63) is 118 Å². The minimum Gasteiger partial charge on any atom is -0.489 e. The number of carbonyl (C=O) groups excluding carboxylic acids is 1. The third-order valence-electron chi connectivity index (χ3n) is 5.65. The Morgan fingerprint density at radius 1 is 0.795 bits per heavy atom. The Balaban J connectivity index is 1.34. The van der Waals surface area contributed by atoms with Crippen LogP contribution in [0.15, 0.2) is 101 Å². The minimum absolute atomic E-state index is 0.0761. The highest BCUT2D eigenvalue weighted by Gasteiger charge is 2.14. The number of carboxylic acid groups (broad SMARTS) is 2. The first-order valence-corrected chi connectivity index (χ1v) is 13.1. The maximum absolute atomic E-state index is 12.5. The average Bonchev–Trinajstić information content (AvgIpc) is 2.92. The Morgan fingerprint density at radius 3 is 2.15 bits per heavy atom. The van der Waals surface area contributed by atoms with Gasteiger partial charge in [-0.25, -0.2) is 9.59 Å². The number of carbonyl (C=O) groups is 3. The van der Waals surface area contributed by atoms with Gasteiger partial charge in [-0.05, 0) is 66.1 Å². The standard InChI is InChI=1S/C30H24ClNO6S/c31-27-17-26(39-25-8-4-7-24(16-25)38-18-19-5-2-1-3-6-19)11-9-20(27)10-12-28(33)32-23-14-21(29(34)35)13-22(15-23)30(36)37/h1-9,11,13-17H,10,12,18H2,(H,32,33)(H,34,35)(H,36,37). The lowest BCUT2D eigenvalue weighted by atomic mass is 10.1. The van der Waals surface area contributed by atoms with Crippen molar-refractivity contribution >= 4 is 46.9 Å². The van der Waals surface area contributed by atoms with Crippen molar-refractivity contribution in [3.63, 3.8) is 0 Å². The lowest BCUT2D eigenvalue weighted by Gasteiger charge is -2.10. The van der Waals surface area contributed by atoms with Crippen LogP contribution in [0.5, 0.6) is 5.75 Å². The lowest BCUT2D eigenvalue weighted by Crippen LogP contribution is -2.14. The molecule has 0 saturated heterocycles. The minimum atomic E-state index is -1.29. The third-order valence-corrected chi connectivity index (χ3v) is 6.98. The van der Waals surface area contributed by atoms with E-state index < -0.39 is 17.8 Å². The number of aryl methyl sites for hydroxylation is 1. The summed E-state index contributed by atoms with van der Waals surface area (Å²) in [5, 5.41) is 21.5. The van der Waals surface area contributed by atoms with E-state index in [1.165, 1.54) is 12.1 Å². The molecule has 0 atom stereocenters. The normalized spacial score (nSPS) is 10.6. The summed E-state index contributed by atoms with van der Waals surface area (Å²) < 4.78 is 5.91. The van der Waals surface area contributed by atoms with Gasteiger partial charge >= 0.3 is 11.9 Å². The zero-order valence-corrected chi connectivity index (χ0v) is 22.2. The van der Waals surface area contributed by atoms with Crippen molar-refractivity contribution in [2.24, 2.45) is 0 Å². The highest BCUT2D eigenvalue weighted by molar-refractivity contribution is 7.99. The van der Waals surface area contributed by atoms with E-state index in [-0.39, 0.29) is 23.2 Å². The van der Waals surface area contributed by atoms with Crippen LogP contribution in [0.4, 0.5) is 5.69 Å². The third kappa shape index (κ3) is 8.10. The molecule has 0 bridgehead atoms. The van der Waals surface area contributed by atoms with Crippen LogP contribution in [0.2, 0.25) is 5.02 Å². The van der Waals surface area contributed by atoms with Crippen LogP contribution in [-0.4, -0.2) is 28.1 Å². The smallest absolute Gasteiger partial charge is 0.335 e. The summed E-state index contributed by atoms with van der Waals surface area (Å²) in [4.78, 5) is 37.0. The van der Waals surface area contributed by atoms with E-state index in [0.717, 1.165) is 32.7 Å². The van der Waals surface area contributed by atoms with Crippen LogP contribution in [-0.2, 0) is 17.8 Å².